The molecule has 130 valence electrons. The van der Waals surface area contributed by atoms with Gasteiger partial charge in [0.15, 0.2) is 6.10 Å². The molecule has 3 aromatic carbocycles. The highest BCUT2D eigenvalue weighted by atomic mass is 79.9. The molecule has 0 radical (unpaired) electrons. The Bertz CT molecular complexity index is 864. The van der Waals surface area contributed by atoms with Crippen LogP contribution in [0.1, 0.15) is 30.2 Å². The van der Waals surface area contributed by atoms with Crippen molar-refractivity contribution >= 4 is 32.7 Å². The summed E-state index contributed by atoms with van der Waals surface area (Å²) < 4.78 is 1.09. The molecular formula is C20H20BrNO3. The Labute approximate surface area is 155 Å². The number of hydrogen-bond donors (Lipinski definition) is 3. The topological polar surface area (TPSA) is 83.6 Å². The van der Waals surface area contributed by atoms with E-state index in [1.165, 1.54) is 0 Å². The second-order valence-electron chi connectivity index (χ2n) is 5.69. The van der Waals surface area contributed by atoms with Crippen LogP contribution in [0.4, 0.5) is 0 Å². The van der Waals surface area contributed by atoms with Crippen LogP contribution < -0.4 is 5.73 Å². The lowest BCUT2D eigenvalue weighted by Crippen LogP contribution is -2.10. The normalized spacial score (nSPS) is 12.8. The fourth-order valence-electron chi connectivity index (χ4n) is 2.31. The minimum atomic E-state index is -1.45. The second-order valence-corrected chi connectivity index (χ2v) is 6.61. The summed E-state index contributed by atoms with van der Waals surface area (Å²) in [4.78, 5) is 10.6. The number of hydrogen-bond acceptors (Lipinski definition) is 3. The fraction of sp³-hybridized carbons (Fsp3) is 0.150. The molecule has 0 bridgehead atoms. The molecule has 0 unspecified atom stereocenters. The summed E-state index contributed by atoms with van der Waals surface area (Å²) in [5, 5.41) is 20.0. The van der Waals surface area contributed by atoms with Crippen LogP contribution in [0, 0.1) is 0 Å². The van der Waals surface area contributed by atoms with Gasteiger partial charge >= 0.3 is 5.97 Å². The van der Waals surface area contributed by atoms with E-state index < -0.39 is 12.1 Å². The maximum Gasteiger partial charge on any atom is 0.337 e. The Morgan fingerprint density at radius 3 is 2.20 bits per heavy atom. The molecule has 0 amide bonds. The number of carboxylic acids is 1. The molecule has 4 N–H and O–H groups in total. The standard InChI is InChI=1S/C12H10O3.C8H10BrN/c13-11(12(14)15)10-6-5-8-3-1-2-4-9(8)7-10;1-6(10)7-3-2-4-8(9)5-7/h1-7,11,13H,(H,14,15);2-6H,10H2,1H3/t11-;6-/m00/s1. The number of aliphatic carboxylic acids is 1. The van der Waals surface area contributed by atoms with Crippen LogP contribution >= 0.6 is 15.9 Å². The third kappa shape index (κ3) is 5.39. The lowest BCUT2D eigenvalue weighted by atomic mass is 10.0. The Balaban J connectivity index is 0.000000196. The maximum absolute atomic E-state index is 10.6. The summed E-state index contributed by atoms with van der Waals surface area (Å²) in [6, 6.07) is 20.9. The van der Waals surface area contributed by atoms with Crippen LogP contribution in [0.15, 0.2) is 71.2 Å². The van der Waals surface area contributed by atoms with Crippen molar-refractivity contribution in [2.24, 2.45) is 5.73 Å². The highest BCUT2D eigenvalue weighted by molar-refractivity contribution is 9.10. The van der Waals surface area contributed by atoms with E-state index in [0.29, 0.717) is 5.56 Å². The van der Waals surface area contributed by atoms with E-state index in [4.69, 9.17) is 10.8 Å². The van der Waals surface area contributed by atoms with E-state index in [-0.39, 0.29) is 6.04 Å². The van der Waals surface area contributed by atoms with E-state index in [2.05, 4.69) is 15.9 Å². The van der Waals surface area contributed by atoms with E-state index in [0.717, 1.165) is 20.8 Å². The van der Waals surface area contributed by atoms with Gasteiger partial charge in [-0.25, -0.2) is 4.79 Å². The van der Waals surface area contributed by atoms with Gasteiger partial charge in [-0.15, -0.1) is 0 Å². The second kappa shape index (κ2) is 8.76. The molecule has 5 heteroatoms. The van der Waals surface area contributed by atoms with Gasteiger partial charge in [-0.3, -0.25) is 0 Å². The van der Waals surface area contributed by atoms with Crippen LogP contribution in [-0.4, -0.2) is 16.2 Å². The average molecular weight is 402 g/mol. The Kier molecular flexibility index (Phi) is 6.70. The molecule has 4 nitrogen and oxygen atoms in total. The highest BCUT2D eigenvalue weighted by Gasteiger charge is 2.15. The molecule has 0 aliphatic heterocycles. The number of nitrogens with two attached hydrogens (primary N) is 1. The van der Waals surface area contributed by atoms with Crippen LogP contribution in [-0.2, 0) is 4.79 Å². The molecule has 0 saturated carbocycles. The van der Waals surface area contributed by atoms with Gasteiger partial charge in [-0.1, -0.05) is 64.5 Å². The predicted octanol–water partition coefficient (Wildman–Crippen LogP) is 4.43. The monoisotopic (exact) mass is 401 g/mol. The predicted molar refractivity (Wildman–Crippen MR) is 103 cm³/mol. The van der Waals surface area contributed by atoms with Crippen molar-refractivity contribution in [2.45, 2.75) is 19.1 Å². The molecule has 0 aliphatic rings. The summed E-state index contributed by atoms with van der Waals surface area (Å²) in [6.45, 7) is 1.97. The van der Waals surface area contributed by atoms with Gasteiger partial charge in [0.2, 0.25) is 0 Å². The van der Waals surface area contributed by atoms with Crippen molar-refractivity contribution in [3.63, 3.8) is 0 Å². The first-order valence-corrected chi connectivity index (χ1v) is 8.58. The van der Waals surface area contributed by atoms with Crippen LogP contribution in [0.25, 0.3) is 10.8 Å². The smallest absolute Gasteiger partial charge is 0.337 e. The molecule has 2 atom stereocenters. The number of rotatable bonds is 3. The minimum Gasteiger partial charge on any atom is -0.479 e. The summed E-state index contributed by atoms with van der Waals surface area (Å²) in [5.41, 5.74) is 7.23. The molecule has 0 aromatic heterocycles. The molecule has 3 rings (SSSR count). The SMILES string of the molecule is C[C@H](N)c1cccc(Br)c1.O=C(O)[C@@H](O)c1ccc2ccccc2c1. The lowest BCUT2D eigenvalue weighted by Gasteiger charge is -2.06. The molecule has 0 spiro atoms. The Morgan fingerprint density at radius 1 is 0.960 bits per heavy atom. The highest BCUT2D eigenvalue weighted by Crippen LogP contribution is 2.20. The summed E-state index contributed by atoms with van der Waals surface area (Å²) in [7, 11) is 0. The average Bonchev–Trinajstić information content (AvgIpc) is 2.61. The van der Waals surface area contributed by atoms with Gasteiger partial charge in [0, 0.05) is 10.5 Å². The molecule has 0 heterocycles. The van der Waals surface area contributed by atoms with Gasteiger partial charge in [0.25, 0.3) is 0 Å². The lowest BCUT2D eigenvalue weighted by molar-refractivity contribution is -0.146. The van der Waals surface area contributed by atoms with E-state index >= 15 is 0 Å². The number of aliphatic hydroxyl groups excluding tert-OH is 1. The van der Waals surface area contributed by atoms with Gasteiger partial charge < -0.3 is 15.9 Å². The number of benzene rings is 3. The minimum absolute atomic E-state index is 0.123. The third-order valence-corrected chi connectivity index (χ3v) is 4.19. The number of carboxylic acid groups (broad SMARTS) is 1. The molecule has 25 heavy (non-hydrogen) atoms. The van der Waals surface area contributed by atoms with Gasteiger partial charge in [-0.05, 0) is 47.0 Å². The van der Waals surface area contributed by atoms with Crippen molar-refractivity contribution < 1.29 is 15.0 Å². The van der Waals surface area contributed by atoms with Gasteiger partial charge in [-0.2, -0.15) is 0 Å². The first kappa shape index (κ1) is 19.1. The summed E-state index contributed by atoms with van der Waals surface area (Å²) in [6.07, 6.45) is -1.45. The molecule has 3 aromatic rings. The van der Waals surface area contributed by atoms with Crippen molar-refractivity contribution in [2.75, 3.05) is 0 Å². The fourth-order valence-corrected chi connectivity index (χ4v) is 2.73. The quantitative estimate of drug-likeness (QED) is 0.606. The van der Waals surface area contributed by atoms with Crippen molar-refractivity contribution in [1.82, 2.24) is 0 Å². The number of halogens is 1. The Hall–Kier alpha value is -2.21. The first-order chi connectivity index (χ1) is 11.9. The van der Waals surface area contributed by atoms with Crippen LogP contribution in [0.2, 0.25) is 0 Å². The number of carbonyl (C=O) groups is 1. The van der Waals surface area contributed by atoms with Gasteiger partial charge in [0.05, 0.1) is 0 Å². The number of aliphatic hydroxyl groups is 1. The molecule has 0 saturated heterocycles. The van der Waals surface area contributed by atoms with Crippen LogP contribution in [0.5, 0.6) is 0 Å². The van der Waals surface area contributed by atoms with E-state index in [1.807, 2.05) is 55.5 Å². The molecule has 0 fully saturated rings. The summed E-state index contributed by atoms with van der Waals surface area (Å²) >= 11 is 3.37. The molecule has 0 aliphatic carbocycles. The molecular weight excluding hydrogens is 382 g/mol. The van der Waals surface area contributed by atoms with Crippen molar-refractivity contribution in [3.05, 3.63) is 82.3 Å². The maximum atomic E-state index is 10.6. The zero-order valence-electron chi connectivity index (χ0n) is 13.8. The zero-order valence-corrected chi connectivity index (χ0v) is 15.3. The summed E-state index contributed by atoms with van der Waals surface area (Å²) in [5.74, 6) is -1.23. The van der Waals surface area contributed by atoms with Crippen molar-refractivity contribution in [3.8, 4) is 0 Å². The third-order valence-electron chi connectivity index (χ3n) is 3.70. The zero-order chi connectivity index (χ0) is 18.4. The van der Waals surface area contributed by atoms with Crippen molar-refractivity contribution in [1.29, 1.82) is 0 Å². The Morgan fingerprint density at radius 2 is 1.64 bits per heavy atom. The van der Waals surface area contributed by atoms with Gasteiger partial charge in [0.1, 0.15) is 0 Å². The van der Waals surface area contributed by atoms with Crippen LogP contribution in [0.3, 0.4) is 0 Å². The van der Waals surface area contributed by atoms with E-state index in [9.17, 15) is 9.90 Å². The first-order valence-electron chi connectivity index (χ1n) is 7.79. The largest absolute Gasteiger partial charge is 0.479 e. The van der Waals surface area contributed by atoms with E-state index in [1.54, 1.807) is 18.2 Å². The number of fused-ring (bicyclic) bond motifs is 1.